The number of aryl methyl sites for hydroxylation is 1. The van der Waals surface area contributed by atoms with Crippen molar-refractivity contribution < 1.29 is 8.42 Å². The topological polar surface area (TPSA) is 78.0 Å². The molecule has 3 rings (SSSR count). The maximum atomic E-state index is 11.4. The molecule has 0 amide bonds. The predicted octanol–water partition coefficient (Wildman–Crippen LogP) is 3.61. The van der Waals surface area contributed by atoms with Crippen molar-refractivity contribution in [3.63, 3.8) is 0 Å². The van der Waals surface area contributed by atoms with Gasteiger partial charge in [-0.1, -0.05) is 48.5 Å². The van der Waals surface area contributed by atoms with Crippen molar-refractivity contribution in [2.45, 2.75) is 23.9 Å². The molecule has 0 saturated heterocycles. The molecule has 2 N–H and O–H groups in total. The maximum Gasteiger partial charge on any atom is 0.238 e. The Hall–Kier alpha value is -2.09. The van der Waals surface area contributed by atoms with Gasteiger partial charge < -0.3 is 0 Å². The molecule has 0 saturated carbocycles. The van der Waals surface area contributed by atoms with Gasteiger partial charge in [0, 0.05) is 11.3 Å². The van der Waals surface area contributed by atoms with Crippen molar-refractivity contribution in [2.24, 2.45) is 5.14 Å². The molecule has 0 spiro atoms. The number of benzene rings is 2. The fraction of sp³-hybridized carbons (Fsp3) is 0.167. The standard InChI is InChI=1S/C18H19N3O2S2/c1-3-24-18-20-12-17(21(18)15-8-4-13(2)5-9-15)14-6-10-16(11-7-14)25(19,22)23/h4-12H,3H2,1-2H3,(H2,19,22,23). The Bertz CT molecular complexity index is 976. The zero-order chi connectivity index (χ0) is 18.0. The van der Waals surface area contributed by atoms with Crippen molar-refractivity contribution in [3.05, 3.63) is 60.3 Å². The number of nitrogens with zero attached hydrogens (tertiary/aromatic N) is 2. The molecule has 5 nitrogen and oxygen atoms in total. The van der Waals surface area contributed by atoms with E-state index in [4.69, 9.17) is 5.14 Å². The highest BCUT2D eigenvalue weighted by atomic mass is 32.2. The second kappa shape index (κ2) is 7.03. The smallest absolute Gasteiger partial charge is 0.238 e. The molecule has 0 atom stereocenters. The first-order valence-corrected chi connectivity index (χ1v) is 10.3. The monoisotopic (exact) mass is 373 g/mol. The molecule has 0 aliphatic carbocycles. The summed E-state index contributed by atoms with van der Waals surface area (Å²) in [5.41, 5.74) is 3.99. The summed E-state index contributed by atoms with van der Waals surface area (Å²) in [6.07, 6.45) is 1.81. The molecule has 0 fully saturated rings. The second-order valence-electron chi connectivity index (χ2n) is 5.60. The van der Waals surface area contributed by atoms with E-state index in [1.165, 1.54) is 17.7 Å². The average Bonchev–Trinajstić information content (AvgIpc) is 2.99. The molecule has 0 bridgehead atoms. The first-order valence-electron chi connectivity index (χ1n) is 7.81. The second-order valence-corrected chi connectivity index (χ2v) is 8.39. The lowest BCUT2D eigenvalue weighted by Gasteiger charge is -2.12. The van der Waals surface area contributed by atoms with Crippen molar-refractivity contribution in [2.75, 3.05) is 5.75 Å². The molecule has 7 heteroatoms. The lowest BCUT2D eigenvalue weighted by molar-refractivity contribution is 0.598. The number of imidazole rings is 1. The van der Waals surface area contributed by atoms with E-state index in [-0.39, 0.29) is 4.90 Å². The number of hydrogen-bond donors (Lipinski definition) is 1. The number of thioether (sulfide) groups is 1. The van der Waals surface area contributed by atoms with E-state index >= 15 is 0 Å². The number of hydrogen-bond acceptors (Lipinski definition) is 4. The van der Waals surface area contributed by atoms with Crippen molar-refractivity contribution in [3.8, 4) is 16.9 Å². The van der Waals surface area contributed by atoms with Crippen molar-refractivity contribution in [1.82, 2.24) is 9.55 Å². The largest absolute Gasteiger partial charge is 0.287 e. The molecule has 3 aromatic rings. The van der Waals surface area contributed by atoms with Crippen LogP contribution in [0.15, 0.2) is 64.8 Å². The van der Waals surface area contributed by atoms with Crippen molar-refractivity contribution in [1.29, 1.82) is 0 Å². The highest BCUT2D eigenvalue weighted by Gasteiger charge is 2.15. The van der Waals surface area contributed by atoms with E-state index in [0.29, 0.717) is 0 Å². The van der Waals surface area contributed by atoms with Gasteiger partial charge in [-0.3, -0.25) is 4.57 Å². The van der Waals surface area contributed by atoms with E-state index in [0.717, 1.165) is 27.9 Å². The van der Waals surface area contributed by atoms with Crippen LogP contribution < -0.4 is 5.14 Å². The number of primary sulfonamides is 1. The van der Waals surface area contributed by atoms with Crippen LogP contribution in [-0.4, -0.2) is 23.7 Å². The summed E-state index contributed by atoms with van der Waals surface area (Å²) in [5.74, 6) is 0.909. The molecule has 1 heterocycles. The summed E-state index contributed by atoms with van der Waals surface area (Å²) in [7, 11) is -3.70. The van der Waals surface area contributed by atoms with E-state index in [9.17, 15) is 8.42 Å². The Morgan fingerprint density at radius 2 is 1.72 bits per heavy atom. The molecule has 0 radical (unpaired) electrons. The molecule has 1 aromatic heterocycles. The van der Waals surface area contributed by atoms with Gasteiger partial charge >= 0.3 is 0 Å². The Balaban J connectivity index is 2.12. The van der Waals surface area contributed by atoms with Crippen molar-refractivity contribution >= 4 is 21.8 Å². The Labute approximate surface area is 152 Å². The van der Waals surface area contributed by atoms with Gasteiger partial charge in [0.15, 0.2) is 5.16 Å². The fourth-order valence-corrected chi connectivity index (χ4v) is 3.76. The zero-order valence-corrected chi connectivity index (χ0v) is 15.6. The molecular weight excluding hydrogens is 354 g/mol. The van der Waals surface area contributed by atoms with Crippen LogP contribution >= 0.6 is 11.8 Å². The Morgan fingerprint density at radius 1 is 1.08 bits per heavy atom. The van der Waals surface area contributed by atoms with Gasteiger partial charge in [0.25, 0.3) is 0 Å². The summed E-state index contributed by atoms with van der Waals surface area (Å²) in [5, 5.41) is 6.08. The zero-order valence-electron chi connectivity index (χ0n) is 14.0. The number of nitrogens with two attached hydrogens (primary N) is 1. The minimum atomic E-state index is -3.70. The van der Waals surface area contributed by atoms with Gasteiger partial charge in [-0.15, -0.1) is 0 Å². The van der Waals surface area contributed by atoms with Crippen LogP contribution in [0.3, 0.4) is 0 Å². The van der Waals surface area contributed by atoms with Crippen LogP contribution in [0.25, 0.3) is 16.9 Å². The molecule has 0 aliphatic heterocycles. The van der Waals surface area contributed by atoms with Crippen LogP contribution in [0, 0.1) is 6.92 Å². The Morgan fingerprint density at radius 3 is 2.28 bits per heavy atom. The summed E-state index contributed by atoms with van der Waals surface area (Å²) >= 11 is 1.66. The maximum absolute atomic E-state index is 11.4. The third-order valence-electron chi connectivity index (χ3n) is 3.77. The number of aromatic nitrogens is 2. The molecule has 25 heavy (non-hydrogen) atoms. The lowest BCUT2D eigenvalue weighted by Crippen LogP contribution is -2.11. The molecule has 130 valence electrons. The first kappa shape index (κ1) is 17.7. The summed E-state index contributed by atoms with van der Waals surface area (Å²) in [4.78, 5) is 4.63. The quantitative estimate of drug-likeness (QED) is 0.693. The van der Waals surface area contributed by atoms with E-state index in [1.807, 2.05) is 13.1 Å². The van der Waals surface area contributed by atoms with Gasteiger partial charge in [-0.25, -0.2) is 18.5 Å². The van der Waals surface area contributed by atoms with E-state index in [1.54, 1.807) is 23.9 Å². The van der Waals surface area contributed by atoms with Gasteiger partial charge in [-0.05, 0) is 36.9 Å². The third-order valence-corrected chi connectivity index (χ3v) is 5.54. The summed E-state index contributed by atoms with van der Waals surface area (Å²) in [6, 6.07) is 14.8. The molecule has 2 aromatic carbocycles. The van der Waals surface area contributed by atoms with Gasteiger partial charge in [0.2, 0.25) is 10.0 Å². The minimum Gasteiger partial charge on any atom is -0.287 e. The van der Waals surface area contributed by atoms with Crippen LogP contribution in [0.2, 0.25) is 0 Å². The Kier molecular flexibility index (Phi) is 4.99. The average molecular weight is 374 g/mol. The van der Waals surface area contributed by atoms with Crippen LogP contribution in [0.1, 0.15) is 12.5 Å². The molecule has 0 unspecified atom stereocenters. The SMILES string of the molecule is CCSc1ncc(-c2ccc(S(N)(=O)=O)cc2)n1-c1ccc(C)cc1. The van der Waals surface area contributed by atoms with Gasteiger partial charge in [0.05, 0.1) is 16.8 Å². The highest BCUT2D eigenvalue weighted by molar-refractivity contribution is 7.99. The van der Waals surface area contributed by atoms with Gasteiger partial charge in [0.1, 0.15) is 0 Å². The van der Waals surface area contributed by atoms with Crippen LogP contribution in [-0.2, 0) is 10.0 Å². The minimum absolute atomic E-state index is 0.0980. The summed E-state index contributed by atoms with van der Waals surface area (Å²) < 4.78 is 25.0. The fourth-order valence-electron chi connectivity index (χ4n) is 2.53. The number of sulfonamides is 1. The van der Waals surface area contributed by atoms with Crippen LogP contribution in [0.4, 0.5) is 0 Å². The number of rotatable bonds is 5. The predicted molar refractivity (Wildman–Crippen MR) is 102 cm³/mol. The van der Waals surface area contributed by atoms with E-state index < -0.39 is 10.0 Å². The third kappa shape index (κ3) is 3.78. The first-order chi connectivity index (χ1) is 11.9. The van der Waals surface area contributed by atoms with Gasteiger partial charge in [-0.2, -0.15) is 0 Å². The van der Waals surface area contributed by atoms with E-state index in [2.05, 4.69) is 40.7 Å². The highest BCUT2D eigenvalue weighted by Crippen LogP contribution is 2.30. The molecular formula is C18H19N3O2S2. The molecule has 0 aliphatic rings. The normalized spacial score (nSPS) is 11.6. The van der Waals surface area contributed by atoms with Crippen LogP contribution in [0.5, 0.6) is 0 Å². The lowest BCUT2D eigenvalue weighted by atomic mass is 10.1. The summed E-state index contributed by atoms with van der Waals surface area (Å²) in [6.45, 7) is 4.13.